The van der Waals surface area contributed by atoms with Crippen molar-refractivity contribution in [1.29, 1.82) is 0 Å². The number of aromatic nitrogens is 4. The van der Waals surface area contributed by atoms with Gasteiger partial charge in [-0.25, -0.2) is 14.6 Å². The highest BCUT2D eigenvalue weighted by Gasteiger charge is 2.34. The molecule has 128 valence electrons. The van der Waals surface area contributed by atoms with Gasteiger partial charge in [-0.2, -0.15) is 5.10 Å². The maximum Gasteiger partial charge on any atom is 0.225 e. The molecule has 1 aliphatic heterocycles. The Morgan fingerprint density at radius 3 is 2.79 bits per heavy atom. The fraction of sp³-hybridized carbons (Fsp3) is 0.647. The predicted molar refractivity (Wildman–Crippen MR) is 90.3 cm³/mol. The molecule has 24 heavy (non-hydrogen) atoms. The summed E-state index contributed by atoms with van der Waals surface area (Å²) in [6.45, 7) is 2.72. The number of likely N-dealkylation sites (tertiary alicyclic amines) is 1. The average molecular weight is 328 g/mol. The average Bonchev–Trinajstić information content (AvgIpc) is 3.35. The Kier molecular flexibility index (Phi) is 4.18. The number of nitrogens with two attached hydrogens (primary N) is 1. The molecular weight excluding hydrogens is 304 g/mol. The van der Waals surface area contributed by atoms with Crippen LogP contribution in [0.5, 0.6) is 0 Å². The highest BCUT2D eigenvalue weighted by Crippen LogP contribution is 2.33. The lowest BCUT2D eigenvalue weighted by Crippen LogP contribution is -2.33. The van der Waals surface area contributed by atoms with Crippen molar-refractivity contribution in [2.75, 3.05) is 19.6 Å². The SMILES string of the molecule is NCCn1nc([C@@H]2CCN(C(=O)C3CCCC3)C2)c2nccnc21. The van der Waals surface area contributed by atoms with Crippen LogP contribution in [0, 0.1) is 5.92 Å². The smallest absolute Gasteiger partial charge is 0.225 e. The van der Waals surface area contributed by atoms with E-state index in [1.165, 1.54) is 12.8 Å². The first kappa shape index (κ1) is 15.5. The molecule has 1 aliphatic carbocycles. The summed E-state index contributed by atoms with van der Waals surface area (Å²) in [5, 5.41) is 4.73. The van der Waals surface area contributed by atoms with Gasteiger partial charge in [0.2, 0.25) is 5.91 Å². The molecular formula is C17H24N6O. The number of fused-ring (bicyclic) bond motifs is 1. The molecule has 2 aliphatic rings. The van der Waals surface area contributed by atoms with Crippen LogP contribution in [-0.4, -0.2) is 50.2 Å². The number of nitrogens with zero attached hydrogens (tertiary/aromatic N) is 5. The minimum Gasteiger partial charge on any atom is -0.342 e. The van der Waals surface area contributed by atoms with Crippen molar-refractivity contribution in [3.05, 3.63) is 18.1 Å². The highest BCUT2D eigenvalue weighted by atomic mass is 16.2. The minimum absolute atomic E-state index is 0.244. The quantitative estimate of drug-likeness (QED) is 0.913. The Hall–Kier alpha value is -2.02. The normalized spacial score (nSPS) is 21.9. The summed E-state index contributed by atoms with van der Waals surface area (Å²) in [4.78, 5) is 23.6. The first-order valence-electron chi connectivity index (χ1n) is 8.94. The number of hydrogen-bond acceptors (Lipinski definition) is 5. The van der Waals surface area contributed by atoms with E-state index in [0.29, 0.717) is 19.0 Å². The van der Waals surface area contributed by atoms with Gasteiger partial charge < -0.3 is 10.6 Å². The second-order valence-electron chi connectivity index (χ2n) is 6.88. The first-order valence-corrected chi connectivity index (χ1v) is 8.94. The van der Waals surface area contributed by atoms with Crippen LogP contribution in [0.2, 0.25) is 0 Å². The Balaban J connectivity index is 1.56. The summed E-state index contributed by atoms with van der Waals surface area (Å²) in [5.41, 5.74) is 8.29. The van der Waals surface area contributed by atoms with E-state index in [9.17, 15) is 4.79 Å². The van der Waals surface area contributed by atoms with E-state index in [1.54, 1.807) is 12.4 Å². The second kappa shape index (κ2) is 6.47. The molecule has 0 aromatic carbocycles. The first-order chi connectivity index (χ1) is 11.8. The van der Waals surface area contributed by atoms with E-state index in [4.69, 9.17) is 10.8 Å². The van der Waals surface area contributed by atoms with Gasteiger partial charge in [0.15, 0.2) is 5.65 Å². The number of carbonyl (C=O) groups is 1. The van der Waals surface area contributed by atoms with Crippen LogP contribution in [0.25, 0.3) is 11.2 Å². The molecule has 2 fully saturated rings. The zero-order chi connectivity index (χ0) is 16.5. The fourth-order valence-electron chi connectivity index (χ4n) is 4.09. The van der Waals surface area contributed by atoms with Gasteiger partial charge in [0.25, 0.3) is 0 Å². The third-order valence-corrected chi connectivity index (χ3v) is 5.33. The molecule has 0 unspecified atom stereocenters. The zero-order valence-corrected chi connectivity index (χ0v) is 13.9. The van der Waals surface area contributed by atoms with E-state index < -0.39 is 0 Å². The zero-order valence-electron chi connectivity index (χ0n) is 13.9. The van der Waals surface area contributed by atoms with Gasteiger partial charge in [0, 0.05) is 43.9 Å². The number of carbonyl (C=O) groups excluding carboxylic acids is 1. The molecule has 7 heteroatoms. The largest absolute Gasteiger partial charge is 0.342 e. The molecule has 0 bridgehead atoms. The maximum atomic E-state index is 12.7. The lowest BCUT2D eigenvalue weighted by atomic mass is 10.0. The lowest BCUT2D eigenvalue weighted by Gasteiger charge is -2.20. The van der Waals surface area contributed by atoms with E-state index in [1.807, 2.05) is 9.58 Å². The van der Waals surface area contributed by atoms with Crippen molar-refractivity contribution in [2.45, 2.75) is 44.6 Å². The molecule has 1 atom stereocenters. The molecule has 7 nitrogen and oxygen atoms in total. The summed E-state index contributed by atoms with van der Waals surface area (Å²) in [7, 11) is 0. The van der Waals surface area contributed by atoms with Gasteiger partial charge in [-0.3, -0.25) is 4.79 Å². The van der Waals surface area contributed by atoms with E-state index in [2.05, 4.69) is 9.97 Å². The topological polar surface area (TPSA) is 89.9 Å². The van der Waals surface area contributed by atoms with E-state index in [0.717, 1.165) is 49.2 Å². The summed E-state index contributed by atoms with van der Waals surface area (Å²) in [6, 6.07) is 0. The van der Waals surface area contributed by atoms with E-state index >= 15 is 0 Å². The van der Waals surface area contributed by atoms with Crippen molar-refractivity contribution in [1.82, 2.24) is 24.6 Å². The lowest BCUT2D eigenvalue weighted by molar-refractivity contribution is -0.134. The summed E-state index contributed by atoms with van der Waals surface area (Å²) in [5.74, 6) is 0.829. The van der Waals surface area contributed by atoms with Crippen LogP contribution in [-0.2, 0) is 11.3 Å². The summed E-state index contributed by atoms with van der Waals surface area (Å²) < 4.78 is 1.85. The van der Waals surface area contributed by atoms with Crippen LogP contribution in [0.4, 0.5) is 0 Å². The van der Waals surface area contributed by atoms with Crippen molar-refractivity contribution >= 4 is 17.1 Å². The molecule has 2 aromatic rings. The van der Waals surface area contributed by atoms with Crippen LogP contribution < -0.4 is 5.73 Å². The van der Waals surface area contributed by atoms with Gasteiger partial charge in [-0.05, 0) is 19.3 Å². The Morgan fingerprint density at radius 1 is 1.21 bits per heavy atom. The molecule has 2 aromatic heterocycles. The summed E-state index contributed by atoms with van der Waals surface area (Å²) in [6.07, 6.45) is 8.83. The van der Waals surface area contributed by atoms with Crippen LogP contribution in [0.3, 0.4) is 0 Å². The van der Waals surface area contributed by atoms with Crippen LogP contribution in [0.15, 0.2) is 12.4 Å². The monoisotopic (exact) mass is 328 g/mol. The molecule has 4 rings (SSSR count). The molecule has 1 amide bonds. The van der Waals surface area contributed by atoms with Crippen LogP contribution in [0.1, 0.15) is 43.7 Å². The van der Waals surface area contributed by atoms with Gasteiger partial charge in [-0.1, -0.05) is 12.8 Å². The van der Waals surface area contributed by atoms with Crippen molar-refractivity contribution in [3.63, 3.8) is 0 Å². The molecule has 1 saturated carbocycles. The second-order valence-corrected chi connectivity index (χ2v) is 6.88. The van der Waals surface area contributed by atoms with Gasteiger partial charge >= 0.3 is 0 Å². The Morgan fingerprint density at radius 2 is 2.00 bits per heavy atom. The third kappa shape index (κ3) is 2.66. The van der Waals surface area contributed by atoms with E-state index in [-0.39, 0.29) is 11.8 Å². The maximum absolute atomic E-state index is 12.7. The highest BCUT2D eigenvalue weighted by molar-refractivity contribution is 5.80. The summed E-state index contributed by atoms with van der Waals surface area (Å²) >= 11 is 0. The number of amides is 1. The van der Waals surface area contributed by atoms with Gasteiger partial charge in [0.05, 0.1) is 12.2 Å². The van der Waals surface area contributed by atoms with Crippen molar-refractivity contribution < 1.29 is 4.79 Å². The molecule has 2 N–H and O–H groups in total. The Bertz CT molecular complexity index is 736. The standard InChI is InChI=1S/C17H24N6O/c18-6-10-23-16-15(19-7-8-20-16)14(21-23)13-5-9-22(11-13)17(24)12-3-1-2-4-12/h7-8,12-13H,1-6,9-11,18H2/t13-/m1/s1. The third-order valence-electron chi connectivity index (χ3n) is 5.33. The predicted octanol–water partition coefficient (Wildman–Crippen LogP) is 1.29. The molecule has 0 spiro atoms. The molecule has 0 radical (unpaired) electrons. The molecule has 3 heterocycles. The number of hydrogen-bond donors (Lipinski definition) is 1. The number of rotatable bonds is 4. The Labute approximate surface area is 141 Å². The van der Waals surface area contributed by atoms with Gasteiger partial charge in [-0.15, -0.1) is 0 Å². The van der Waals surface area contributed by atoms with Crippen LogP contribution >= 0.6 is 0 Å². The minimum atomic E-state index is 0.244. The van der Waals surface area contributed by atoms with Gasteiger partial charge in [0.1, 0.15) is 5.52 Å². The van der Waals surface area contributed by atoms with Crippen molar-refractivity contribution in [2.24, 2.45) is 11.7 Å². The molecule has 1 saturated heterocycles. The van der Waals surface area contributed by atoms with Crippen molar-refractivity contribution in [3.8, 4) is 0 Å². The fourth-order valence-corrected chi connectivity index (χ4v) is 4.09.